The zero-order chi connectivity index (χ0) is 17.9. The number of nitriles is 1. The van der Waals surface area contributed by atoms with Crippen molar-refractivity contribution in [2.45, 2.75) is 18.5 Å². The average molecular weight is 348 g/mol. The van der Waals surface area contributed by atoms with Crippen LogP contribution in [0.2, 0.25) is 0 Å². The number of rotatable bonds is 6. The number of aromatic nitrogens is 2. The maximum absolute atomic E-state index is 12.9. The van der Waals surface area contributed by atoms with E-state index in [9.17, 15) is 13.2 Å². The van der Waals surface area contributed by atoms with Gasteiger partial charge in [-0.1, -0.05) is 12.1 Å². The first-order chi connectivity index (χ1) is 11.3. The summed E-state index contributed by atoms with van der Waals surface area (Å²) < 4.78 is 27.8. The first-order valence-electron chi connectivity index (χ1n) is 6.95. The van der Waals surface area contributed by atoms with Crippen molar-refractivity contribution in [2.24, 2.45) is 7.05 Å². The minimum Gasteiger partial charge on any atom is -0.480 e. The van der Waals surface area contributed by atoms with E-state index < -0.39 is 22.5 Å². The lowest BCUT2D eigenvalue weighted by molar-refractivity contribution is -0.137. The monoisotopic (exact) mass is 348 g/mol. The predicted octanol–water partition coefficient (Wildman–Crippen LogP) is 0.876. The molecule has 2 rings (SSSR count). The summed E-state index contributed by atoms with van der Waals surface area (Å²) in [6.07, 6.45) is 1.40. The molecule has 0 fully saturated rings. The largest absolute Gasteiger partial charge is 0.480 e. The summed E-state index contributed by atoms with van der Waals surface area (Å²) in [7, 11) is -2.58. The van der Waals surface area contributed by atoms with Crippen LogP contribution in [0.25, 0.3) is 0 Å². The highest BCUT2D eigenvalue weighted by atomic mass is 32.2. The number of hydrogen-bond donors (Lipinski definition) is 1. The molecule has 1 heterocycles. The number of aliphatic carboxylic acids is 1. The summed E-state index contributed by atoms with van der Waals surface area (Å²) in [5.74, 6) is -1.27. The molecule has 0 aliphatic carbocycles. The molecule has 0 saturated heterocycles. The molecule has 0 atom stereocenters. The molecule has 0 radical (unpaired) electrons. The summed E-state index contributed by atoms with van der Waals surface area (Å²) in [6, 6.07) is 8.34. The topological polar surface area (TPSA) is 116 Å². The Kier molecular flexibility index (Phi) is 5.02. The van der Waals surface area contributed by atoms with Gasteiger partial charge in [0.2, 0.25) is 0 Å². The van der Waals surface area contributed by atoms with E-state index in [2.05, 4.69) is 5.10 Å². The first kappa shape index (κ1) is 17.7. The normalized spacial score (nSPS) is 11.4. The highest BCUT2D eigenvalue weighted by molar-refractivity contribution is 7.89. The van der Waals surface area contributed by atoms with E-state index in [0.717, 1.165) is 4.31 Å². The lowest BCUT2D eigenvalue weighted by atomic mass is 10.1. The van der Waals surface area contributed by atoms with Gasteiger partial charge in [0, 0.05) is 19.2 Å². The van der Waals surface area contributed by atoms with E-state index in [0.29, 0.717) is 16.7 Å². The Hall–Kier alpha value is -2.70. The fourth-order valence-corrected chi connectivity index (χ4v) is 4.03. The molecular weight excluding hydrogens is 332 g/mol. The molecule has 0 aliphatic rings. The molecule has 0 aliphatic heterocycles. The third-order valence-electron chi connectivity index (χ3n) is 3.37. The first-order valence-corrected chi connectivity index (χ1v) is 8.39. The van der Waals surface area contributed by atoms with Crippen LogP contribution in [0.4, 0.5) is 0 Å². The number of carboxylic acid groups (broad SMARTS) is 1. The molecule has 126 valence electrons. The molecule has 0 amide bonds. The van der Waals surface area contributed by atoms with Crippen molar-refractivity contribution < 1.29 is 18.3 Å². The highest BCUT2D eigenvalue weighted by Gasteiger charge is 2.31. The van der Waals surface area contributed by atoms with Gasteiger partial charge in [0.25, 0.3) is 10.0 Å². The van der Waals surface area contributed by atoms with E-state index in [-0.39, 0.29) is 11.6 Å². The van der Waals surface area contributed by atoms with Gasteiger partial charge in [0.1, 0.15) is 6.54 Å². The fraction of sp³-hybridized carbons (Fsp3) is 0.267. The maximum atomic E-state index is 12.9. The second-order valence-corrected chi connectivity index (χ2v) is 7.09. The summed E-state index contributed by atoms with van der Waals surface area (Å²) in [4.78, 5) is 11.1. The van der Waals surface area contributed by atoms with Gasteiger partial charge in [0.05, 0.1) is 17.8 Å². The minimum absolute atomic E-state index is 0.0554. The van der Waals surface area contributed by atoms with Crippen LogP contribution in [0.1, 0.15) is 16.7 Å². The summed E-state index contributed by atoms with van der Waals surface area (Å²) in [5, 5.41) is 21.9. The Morgan fingerprint density at radius 2 is 2.17 bits per heavy atom. The summed E-state index contributed by atoms with van der Waals surface area (Å²) in [6.45, 7) is 0.744. The van der Waals surface area contributed by atoms with Gasteiger partial charge in [-0.2, -0.15) is 14.7 Å². The van der Waals surface area contributed by atoms with Crippen LogP contribution >= 0.6 is 0 Å². The predicted molar refractivity (Wildman–Crippen MR) is 84.3 cm³/mol. The Morgan fingerprint density at radius 1 is 1.46 bits per heavy atom. The van der Waals surface area contributed by atoms with Gasteiger partial charge in [-0.05, 0) is 24.6 Å². The quantitative estimate of drug-likeness (QED) is 0.828. The highest BCUT2D eigenvalue weighted by Crippen LogP contribution is 2.21. The van der Waals surface area contributed by atoms with E-state index in [1.54, 1.807) is 25.1 Å². The standard InChI is InChI=1S/C15H16N4O4S/c1-11-8-17-18(2)15(11)24(22,23)19(10-14(20)21)9-13-5-3-4-12(6-13)7-16/h3-6,8H,9-10H2,1-2H3,(H,20,21). The fourth-order valence-electron chi connectivity index (χ4n) is 2.35. The number of carbonyl (C=O) groups is 1. The molecule has 0 unspecified atom stereocenters. The van der Waals surface area contributed by atoms with Crippen molar-refractivity contribution in [3.05, 3.63) is 47.2 Å². The Bertz CT molecular complexity index is 892. The molecule has 1 aromatic carbocycles. The molecule has 0 saturated carbocycles. The van der Waals surface area contributed by atoms with Crippen molar-refractivity contribution in [1.29, 1.82) is 5.26 Å². The van der Waals surface area contributed by atoms with E-state index >= 15 is 0 Å². The van der Waals surface area contributed by atoms with Gasteiger partial charge in [-0.25, -0.2) is 8.42 Å². The van der Waals surface area contributed by atoms with E-state index in [4.69, 9.17) is 10.4 Å². The molecule has 2 aromatic rings. The van der Waals surface area contributed by atoms with Crippen molar-refractivity contribution in [3.63, 3.8) is 0 Å². The smallest absolute Gasteiger partial charge is 0.318 e. The van der Waals surface area contributed by atoms with Crippen molar-refractivity contribution in [1.82, 2.24) is 14.1 Å². The molecule has 9 heteroatoms. The number of sulfonamides is 1. The zero-order valence-electron chi connectivity index (χ0n) is 13.2. The Balaban J connectivity index is 2.45. The van der Waals surface area contributed by atoms with Crippen LogP contribution in [0.5, 0.6) is 0 Å². The van der Waals surface area contributed by atoms with Crippen LogP contribution in [-0.2, 0) is 28.4 Å². The molecule has 24 heavy (non-hydrogen) atoms. The van der Waals surface area contributed by atoms with Crippen LogP contribution in [0, 0.1) is 18.3 Å². The van der Waals surface area contributed by atoms with Gasteiger partial charge < -0.3 is 5.11 Å². The Morgan fingerprint density at radius 3 is 2.71 bits per heavy atom. The van der Waals surface area contributed by atoms with Crippen molar-refractivity contribution in [3.8, 4) is 6.07 Å². The second kappa shape index (κ2) is 6.82. The molecule has 8 nitrogen and oxygen atoms in total. The summed E-state index contributed by atoms with van der Waals surface area (Å²) in [5.41, 5.74) is 1.33. The van der Waals surface area contributed by atoms with Crippen LogP contribution in [0.3, 0.4) is 0 Å². The van der Waals surface area contributed by atoms with Gasteiger partial charge >= 0.3 is 5.97 Å². The molecule has 0 spiro atoms. The molecule has 1 N–H and O–H groups in total. The van der Waals surface area contributed by atoms with Crippen molar-refractivity contribution in [2.75, 3.05) is 6.54 Å². The van der Waals surface area contributed by atoms with Gasteiger partial charge in [0.15, 0.2) is 5.03 Å². The molecule has 1 aromatic heterocycles. The number of benzene rings is 1. The lowest BCUT2D eigenvalue weighted by Gasteiger charge is -2.21. The van der Waals surface area contributed by atoms with Gasteiger partial charge in [-0.15, -0.1) is 0 Å². The number of carboxylic acids is 1. The number of aryl methyl sites for hydroxylation is 2. The minimum atomic E-state index is -4.06. The van der Waals surface area contributed by atoms with Gasteiger partial charge in [-0.3, -0.25) is 9.48 Å². The lowest BCUT2D eigenvalue weighted by Crippen LogP contribution is -2.36. The SMILES string of the molecule is Cc1cnn(C)c1S(=O)(=O)N(CC(=O)O)Cc1cccc(C#N)c1. The van der Waals surface area contributed by atoms with Crippen LogP contribution in [0.15, 0.2) is 35.5 Å². The zero-order valence-corrected chi connectivity index (χ0v) is 14.0. The third kappa shape index (κ3) is 3.61. The number of hydrogen-bond acceptors (Lipinski definition) is 5. The maximum Gasteiger partial charge on any atom is 0.318 e. The van der Waals surface area contributed by atoms with E-state index in [1.807, 2.05) is 6.07 Å². The van der Waals surface area contributed by atoms with Crippen LogP contribution < -0.4 is 0 Å². The second-order valence-electron chi connectivity index (χ2n) is 5.24. The number of nitrogens with zero attached hydrogens (tertiary/aromatic N) is 4. The van der Waals surface area contributed by atoms with Crippen LogP contribution in [-0.4, -0.2) is 40.1 Å². The van der Waals surface area contributed by atoms with Crippen molar-refractivity contribution >= 4 is 16.0 Å². The summed E-state index contributed by atoms with van der Waals surface area (Å²) >= 11 is 0. The third-order valence-corrected chi connectivity index (χ3v) is 5.38. The Labute approximate surface area is 139 Å². The average Bonchev–Trinajstić information content (AvgIpc) is 2.86. The molecule has 0 bridgehead atoms. The van der Waals surface area contributed by atoms with E-state index in [1.165, 1.54) is 24.0 Å². The molecular formula is C15H16N4O4S.